The predicted octanol–water partition coefficient (Wildman–Crippen LogP) is 1.38. The van der Waals surface area contributed by atoms with Crippen LogP contribution in [0.25, 0.3) is 32.8 Å². The number of rotatable bonds is 0. The summed E-state index contributed by atoms with van der Waals surface area (Å²) in [6.45, 7) is 0. The molecule has 16 heavy (non-hydrogen) atoms. The van der Waals surface area contributed by atoms with Crippen LogP contribution in [-0.2, 0) is 0 Å². The zero-order chi connectivity index (χ0) is 10.5. The molecule has 0 saturated carbocycles. The monoisotopic (exact) mass is 276 g/mol. The van der Waals surface area contributed by atoms with Crippen molar-refractivity contribution in [3.63, 3.8) is 0 Å². The molecule has 0 aliphatic rings. The van der Waals surface area contributed by atoms with Gasteiger partial charge in [0.15, 0.2) is 0 Å². The van der Waals surface area contributed by atoms with Crippen molar-refractivity contribution in [3.8, 4) is 0 Å². The summed E-state index contributed by atoms with van der Waals surface area (Å²) in [5.41, 5.74) is 3.51. The molecular formula is C10H4N4OSe. The van der Waals surface area contributed by atoms with Crippen LogP contribution < -0.4 is 0 Å². The Morgan fingerprint density at radius 2 is 1.62 bits per heavy atom. The minimum absolute atomic E-state index is 0.00630. The Kier molecular flexibility index (Phi) is 1.50. The summed E-state index contributed by atoms with van der Waals surface area (Å²) in [5, 5.41) is 9.84. The average Bonchev–Trinajstić information content (AvgIpc) is 2.96. The first-order valence-electron chi connectivity index (χ1n) is 4.70. The fourth-order valence-electron chi connectivity index (χ4n) is 1.90. The van der Waals surface area contributed by atoms with E-state index in [4.69, 9.17) is 4.63 Å². The number of hydrogen-bond donors (Lipinski definition) is 0. The van der Waals surface area contributed by atoms with E-state index in [1.807, 2.05) is 24.3 Å². The summed E-state index contributed by atoms with van der Waals surface area (Å²) in [4.78, 5) is 0. The first kappa shape index (κ1) is 8.38. The van der Waals surface area contributed by atoms with Crippen LogP contribution in [0.4, 0.5) is 0 Å². The van der Waals surface area contributed by atoms with Crippen LogP contribution in [0.15, 0.2) is 28.9 Å². The van der Waals surface area contributed by atoms with Crippen molar-refractivity contribution in [1.29, 1.82) is 0 Å². The van der Waals surface area contributed by atoms with Gasteiger partial charge in [0.1, 0.15) is 0 Å². The normalized spacial score (nSPS) is 11.8. The molecule has 4 aromatic rings. The van der Waals surface area contributed by atoms with Gasteiger partial charge in [-0.2, -0.15) is 0 Å². The zero-order valence-corrected chi connectivity index (χ0v) is 9.63. The van der Waals surface area contributed by atoms with Crippen molar-refractivity contribution in [2.24, 2.45) is 0 Å². The van der Waals surface area contributed by atoms with E-state index in [1.54, 1.807) is 0 Å². The predicted molar refractivity (Wildman–Crippen MR) is 59.3 cm³/mol. The summed E-state index contributed by atoms with van der Waals surface area (Å²) in [7, 11) is 0. The summed E-state index contributed by atoms with van der Waals surface area (Å²) < 4.78 is 13.5. The molecule has 0 N–H and O–H groups in total. The van der Waals surface area contributed by atoms with Gasteiger partial charge in [0.25, 0.3) is 0 Å². The molecule has 76 valence electrons. The van der Waals surface area contributed by atoms with E-state index in [0.29, 0.717) is 0 Å². The summed E-state index contributed by atoms with van der Waals surface area (Å²) >= 11 is -0.00630. The van der Waals surface area contributed by atoms with Crippen molar-refractivity contribution >= 4 is 47.8 Å². The molecule has 0 saturated heterocycles. The number of benzene rings is 2. The Hall–Kier alpha value is -1.78. The van der Waals surface area contributed by atoms with Gasteiger partial charge in [-0.3, -0.25) is 0 Å². The molecular weight excluding hydrogens is 271 g/mol. The van der Waals surface area contributed by atoms with Gasteiger partial charge < -0.3 is 0 Å². The van der Waals surface area contributed by atoms with Crippen LogP contribution >= 0.6 is 0 Å². The third-order valence-electron chi connectivity index (χ3n) is 2.64. The zero-order valence-electron chi connectivity index (χ0n) is 7.91. The van der Waals surface area contributed by atoms with Crippen molar-refractivity contribution in [2.45, 2.75) is 0 Å². The van der Waals surface area contributed by atoms with Crippen LogP contribution in [-0.4, -0.2) is 33.2 Å². The molecule has 0 aliphatic heterocycles. The second-order valence-electron chi connectivity index (χ2n) is 3.49. The first-order valence-corrected chi connectivity index (χ1v) is 6.23. The van der Waals surface area contributed by atoms with Crippen LogP contribution in [0.3, 0.4) is 0 Å². The van der Waals surface area contributed by atoms with Crippen molar-refractivity contribution < 1.29 is 4.63 Å². The summed E-state index contributed by atoms with van der Waals surface area (Å²) in [6.07, 6.45) is 0. The van der Waals surface area contributed by atoms with Gasteiger partial charge in [0, 0.05) is 0 Å². The maximum absolute atomic E-state index is 4.74. The van der Waals surface area contributed by atoms with E-state index in [2.05, 4.69) is 18.3 Å². The quantitative estimate of drug-likeness (QED) is 0.453. The second kappa shape index (κ2) is 2.87. The Balaban J connectivity index is 2.38. The van der Waals surface area contributed by atoms with E-state index in [1.165, 1.54) is 0 Å². The number of aromatic nitrogens is 4. The van der Waals surface area contributed by atoms with Gasteiger partial charge in [-0.05, 0) is 0 Å². The van der Waals surface area contributed by atoms with Gasteiger partial charge in [-0.1, -0.05) is 0 Å². The van der Waals surface area contributed by atoms with Gasteiger partial charge in [-0.15, -0.1) is 0 Å². The summed E-state index contributed by atoms with van der Waals surface area (Å²) in [6, 6.07) is 7.88. The van der Waals surface area contributed by atoms with Crippen LogP contribution in [0.5, 0.6) is 0 Å². The molecule has 0 radical (unpaired) electrons. The topological polar surface area (TPSA) is 64.7 Å². The van der Waals surface area contributed by atoms with Crippen LogP contribution in [0.2, 0.25) is 0 Å². The van der Waals surface area contributed by atoms with E-state index < -0.39 is 0 Å². The molecule has 0 fully saturated rings. The third kappa shape index (κ3) is 0.951. The van der Waals surface area contributed by atoms with Gasteiger partial charge in [-0.25, -0.2) is 0 Å². The maximum atomic E-state index is 4.74. The molecule has 0 atom stereocenters. The molecule has 5 nitrogen and oxygen atoms in total. The van der Waals surface area contributed by atoms with E-state index in [0.717, 1.165) is 32.8 Å². The van der Waals surface area contributed by atoms with E-state index in [9.17, 15) is 0 Å². The Morgan fingerprint density at radius 1 is 0.812 bits per heavy atom. The average molecular weight is 275 g/mol. The summed E-state index contributed by atoms with van der Waals surface area (Å²) in [5.74, 6) is 0. The Bertz CT molecular complexity index is 749. The van der Waals surface area contributed by atoms with E-state index in [-0.39, 0.29) is 15.0 Å². The van der Waals surface area contributed by atoms with Crippen LogP contribution in [0, 0.1) is 0 Å². The SMILES string of the molecule is c1cc2c(ccc3n[se]nc32)c2nonc12. The minimum atomic E-state index is -0.00630. The molecule has 4 rings (SSSR count). The van der Waals surface area contributed by atoms with Crippen LogP contribution in [0.1, 0.15) is 0 Å². The molecule has 0 unspecified atom stereocenters. The van der Waals surface area contributed by atoms with Crippen molar-refractivity contribution in [1.82, 2.24) is 18.3 Å². The van der Waals surface area contributed by atoms with Gasteiger partial charge in [0.2, 0.25) is 0 Å². The number of fused-ring (bicyclic) bond motifs is 5. The fourth-order valence-corrected chi connectivity index (χ4v) is 3.05. The fraction of sp³-hybridized carbons (Fsp3) is 0. The van der Waals surface area contributed by atoms with Gasteiger partial charge >= 0.3 is 95.0 Å². The molecule has 0 aliphatic carbocycles. The molecule has 0 amide bonds. The van der Waals surface area contributed by atoms with Gasteiger partial charge in [0.05, 0.1) is 0 Å². The van der Waals surface area contributed by atoms with Crippen molar-refractivity contribution in [2.75, 3.05) is 0 Å². The Labute approximate surface area is 95.2 Å². The molecule has 2 heterocycles. The molecule has 0 bridgehead atoms. The number of hydrogen-bond acceptors (Lipinski definition) is 5. The number of nitrogens with zero attached hydrogens (tertiary/aromatic N) is 4. The second-order valence-corrected chi connectivity index (χ2v) is 4.60. The Morgan fingerprint density at radius 3 is 2.56 bits per heavy atom. The first-order chi connectivity index (χ1) is 7.93. The molecule has 0 spiro atoms. The van der Waals surface area contributed by atoms with Crippen molar-refractivity contribution in [3.05, 3.63) is 24.3 Å². The third-order valence-corrected chi connectivity index (χ3v) is 3.78. The standard InChI is InChI=1S/C10H4N4OSe/c1-3-7-9(12-15-11-7)5-2-4-8-10(6(1)5)14-16-13-8/h1-4H. The molecule has 2 aromatic carbocycles. The van der Waals surface area contributed by atoms with E-state index >= 15 is 0 Å². The molecule has 6 heteroatoms. The molecule has 2 aromatic heterocycles.